The van der Waals surface area contributed by atoms with Gasteiger partial charge >= 0.3 is 17.8 Å². The third-order valence-corrected chi connectivity index (χ3v) is 5.00. The summed E-state index contributed by atoms with van der Waals surface area (Å²) < 4.78 is 10.4. The van der Waals surface area contributed by atoms with Crippen LogP contribution in [0.5, 0.6) is 11.5 Å². The first-order valence-corrected chi connectivity index (χ1v) is 10.2. The molecule has 0 radical (unpaired) electrons. The van der Waals surface area contributed by atoms with Crippen LogP contribution in [-0.4, -0.2) is 31.1 Å². The number of benzene rings is 3. The van der Waals surface area contributed by atoms with Crippen molar-refractivity contribution in [1.82, 2.24) is 5.43 Å². The Morgan fingerprint density at radius 1 is 0.909 bits per heavy atom. The number of ether oxygens (including phenoxy) is 2. The Labute approximate surface area is 199 Å². The first-order valence-electron chi connectivity index (χ1n) is 9.42. The van der Waals surface area contributed by atoms with Crippen molar-refractivity contribution in [3.63, 3.8) is 0 Å². The second-order valence-corrected chi connectivity index (χ2v) is 7.23. The largest absolute Gasteiger partial charge is 0.497 e. The normalized spacial score (nSPS) is 10.5. The molecule has 0 atom stereocenters. The first-order chi connectivity index (χ1) is 15.9. The van der Waals surface area contributed by atoms with Gasteiger partial charge in [-0.2, -0.15) is 5.10 Å². The van der Waals surface area contributed by atoms with E-state index in [-0.39, 0.29) is 21.5 Å². The topological polar surface area (TPSA) is 106 Å². The van der Waals surface area contributed by atoms with Crippen LogP contribution in [0.3, 0.4) is 0 Å². The lowest BCUT2D eigenvalue weighted by Gasteiger charge is -2.07. The molecule has 0 bridgehead atoms. The summed E-state index contributed by atoms with van der Waals surface area (Å²) >= 11 is 11.9. The quantitative estimate of drug-likeness (QED) is 0.178. The molecule has 168 valence electrons. The second-order valence-electron chi connectivity index (χ2n) is 6.45. The van der Waals surface area contributed by atoms with E-state index < -0.39 is 17.8 Å². The van der Waals surface area contributed by atoms with Crippen LogP contribution in [-0.2, 0) is 9.59 Å². The molecule has 33 heavy (non-hydrogen) atoms. The molecule has 0 fully saturated rings. The molecule has 8 nitrogen and oxygen atoms in total. The van der Waals surface area contributed by atoms with Gasteiger partial charge in [0.15, 0.2) is 0 Å². The third kappa shape index (κ3) is 6.55. The summed E-state index contributed by atoms with van der Waals surface area (Å²) in [7, 11) is 1.53. The van der Waals surface area contributed by atoms with Crippen molar-refractivity contribution in [2.24, 2.45) is 5.10 Å². The van der Waals surface area contributed by atoms with Gasteiger partial charge in [0.1, 0.15) is 11.5 Å². The van der Waals surface area contributed by atoms with Crippen LogP contribution in [0.1, 0.15) is 15.9 Å². The summed E-state index contributed by atoms with van der Waals surface area (Å²) in [6.45, 7) is 0. The van der Waals surface area contributed by atoms with Gasteiger partial charge in [0.05, 0.1) is 34.6 Å². The minimum atomic E-state index is -1.01. The summed E-state index contributed by atoms with van der Waals surface area (Å²) in [6.07, 6.45) is 1.29. The lowest BCUT2D eigenvalue weighted by atomic mass is 10.2. The number of hydrogen-bond acceptors (Lipinski definition) is 6. The number of hydrazone groups is 1. The number of nitrogens with zero attached hydrogens (tertiary/aromatic N) is 1. The molecular formula is C23H17Cl2N3O5. The maximum absolute atomic E-state index is 12.3. The van der Waals surface area contributed by atoms with Crippen LogP contribution in [0.2, 0.25) is 10.0 Å². The number of carbonyl (C=O) groups is 3. The van der Waals surface area contributed by atoms with Crippen molar-refractivity contribution in [2.75, 3.05) is 12.4 Å². The number of halogens is 2. The standard InChI is InChI=1S/C23H17Cl2N3O5/c1-32-16-10-8-15(9-11-16)23(31)33-17-5-2-4-14(12-17)13-26-28-22(30)21(29)27-19-7-3-6-18(24)20(19)25/h2-13H,1H3,(H,27,29)(H,28,30)/b26-13+. The fraction of sp³-hybridized carbons (Fsp3) is 0.0435. The summed E-state index contributed by atoms with van der Waals surface area (Å²) in [5.41, 5.74) is 3.18. The molecule has 0 spiro atoms. The van der Waals surface area contributed by atoms with E-state index >= 15 is 0 Å². The van der Waals surface area contributed by atoms with Crippen LogP contribution in [0.4, 0.5) is 5.69 Å². The lowest BCUT2D eigenvalue weighted by molar-refractivity contribution is -0.136. The zero-order chi connectivity index (χ0) is 23.8. The number of carbonyl (C=O) groups excluding carboxylic acids is 3. The smallest absolute Gasteiger partial charge is 0.343 e. The molecule has 0 aliphatic rings. The van der Waals surface area contributed by atoms with Crippen molar-refractivity contribution in [2.45, 2.75) is 0 Å². The predicted molar refractivity (Wildman–Crippen MR) is 125 cm³/mol. The van der Waals surface area contributed by atoms with Gasteiger partial charge in [-0.3, -0.25) is 9.59 Å². The number of amides is 2. The van der Waals surface area contributed by atoms with E-state index in [4.69, 9.17) is 32.7 Å². The van der Waals surface area contributed by atoms with Gasteiger partial charge < -0.3 is 14.8 Å². The zero-order valence-corrected chi connectivity index (χ0v) is 18.7. The van der Waals surface area contributed by atoms with Gasteiger partial charge in [-0.05, 0) is 54.1 Å². The average Bonchev–Trinajstić information content (AvgIpc) is 2.82. The molecule has 0 heterocycles. The van der Waals surface area contributed by atoms with E-state index in [1.54, 1.807) is 60.7 Å². The van der Waals surface area contributed by atoms with Crippen molar-refractivity contribution < 1.29 is 23.9 Å². The summed E-state index contributed by atoms with van der Waals surface area (Å²) in [5, 5.41) is 6.44. The molecule has 0 unspecified atom stereocenters. The Balaban J connectivity index is 1.57. The molecule has 3 aromatic rings. The highest BCUT2D eigenvalue weighted by molar-refractivity contribution is 6.45. The van der Waals surface area contributed by atoms with E-state index in [0.717, 1.165) is 0 Å². The molecule has 0 saturated heterocycles. The average molecular weight is 486 g/mol. The van der Waals surface area contributed by atoms with Gasteiger partial charge in [-0.25, -0.2) is 10.2 Å². The lowest BCUT2D eigenvalue weighted by Crippen LogP contribution is -2.32. The van der Waals surface area contributed by atoms with Crippen molar-refractivity contribution in [3.05, 3.63) is 87.9 Å². The Hall–Kier alpha value is -3.88. The van der Waals surface area contributed by atoms with Gasteiger partial charge in [-0.1, -0.05) is 41.4 Å². The highest BCUT2D eigenvalue weighted by Crippen LogP contribution is 2.29. The van der Waals surface area contributed by atoms with Gasteiger partial charge in [0.2, 0.25) is 0 Å². The van der Waals surface area contributed by atoms with E-state index in [9.17, 15) is 14.4 Å². The van der Waals surface area contributed by atoms with Crippen LogP contribution < -0.4 is 20.2 Å². The number of hydrogen-bond donors (Lipinski definition) is 2. The maximum atomic E-state index is 12.3. The van der Waals surface area contributed by atoms with Gasteiger partial charge in [0, 0.05) is 0 Å². The highest BCUT2D eigenvalue weighted by Gasteiger charge is 2.15. The third-order valence-electron chi connectivity index (χ3n) is 4.18. The number of rotatable bonds is 6. The zero-order valence-electron chi connectivity index (χ0n) is 17.2. The Morgan fingerprint density at radius 3 is 2.36 bits per heavy atom. The molecule has 0 saturated carbocycles. The molecule has 2 amide bonds. The van der Waals surface area contributed by atoms with E-state index in [1.807, 2.05) is 0 Å². The number of nitrogens with one attached hydrogen (secondary N) is 2. The maximum Gasteiger partial charge on any atom is 0.343 e. The number of methoxy groups -OCH3 is 1. The molecule has 0 aromatic heterocycles. The number of esters is 1. The molecule has 2 N–H and O–H groups in total. The van der Waals surface area contributed by atoms with E-state index in [0.29, 0.717) is 16.9 Å². The predicted octanol–water partition coefficient (Wildman–Crippen LogP) is 4.31. The molecule has 10 heteroatoms. The summed E-state index contributed by atoms with van der Waals surface area (Å²) in [6, 6.07) is 17.6. The van der Waals surface area contributed by atoms with Gasteiger partial charge in [-0.15, -0.1) is 0 Å². The van der Waals surface area contributed by atoms with Crippen LogP contribution in [0.15, 0.2) is 71.8 Å². The van der Waals surface area contributed by atoms with Crippen LogP contribution >= 0.6 is 23.2 Å². The van der Waals surface area contributed by atoms with Crippen molar-refractivity contribution >= 4 is 52.9 Å². The summed E-state index contributed by atoms with van der Waals surface area (Å²) in [5.74, 6) is -1.63. The minimum Gasteiger partial charge on any atom is -0.497 e. The van der Waals surface area contributed by atoms with E-state index in [2.05, 4.69) is 15.8 Å². The fourth-order valence-electron chi connectivity index (χ4n) is 2.55. The summed E-state index contributed by atoms with van der Waals surface area (Å²) in [4.78, 5) is 36.2. The Bertz CT molecular complexity index is 1210. The highest BCUT2D eigenvalue weighted by atomic mass is 35.5. The fourth-order valence-corrected chi connectivity index (χ4v) is 2.89. The number of anilines is 1. The van der Waals surface area contributed by atoms with Crippen LogP contribution in [0.25, 0.3) is 0 Å². The minimum absolute atomic E-state index is 0.116. The monoisotopic (exact) mass is 485 g/mol. The second kappa shape index (κ2) is 11.1. The Morgan fingerprint density at radius 2 is 1.64 bits per heavy atom. The SMILES string of the molecule is COc1ccc(C(=O)Oc2cccc(/C=N/NC(=O)C(=O)Nc3cccc(Cl)c3Cl)c2)cc1. The Kier molecular flexibility index (Phi) is 8.01. The molecule has 0 aliphatic heterocycles. The first kappa shape index (κ1) is 23.8. The van der Waals surface area contributed by atoms with Gasteiger partial charge in [0.25, 0.3) is 0 Å². The molecule has 3 aromatic carbocycles. The van der Waals surface area contributed by atoms with Crippen molar-refractivity contribution in [1.29, 1.82) is 0 Å². The molecular weight excluding hydrogens is 469 g/mol. The molecule has 0 aliphatic carbocycles. The van der Waals surface area contributed by atoms with Crippen LogP contribution in [0, 0.1) is 0 Å². The van der Waals surface area contributed by atoms with E-state index in [1.165, 1.54) is 19.4 Å². The molecule has 3 rings (SSSR count). The van der Waals surface area contributed by atoms with Crippen molar-refractivity contribution in [3.8, 4) is 11.5 Å².